The van der Waals surface area contributed by atoms with Crippen molar-refractivity contribution >= 4 is 29.0 Å². The fraction of sp³-hybridized carbons (Fsp3) is 0.269. The van der Waals surface area contributed by atoms with Crippen molar-refractivity contribution in [2.45, 2.75) is 26.7 Å². The van der Waals surface area contributed by atoms with Gasteiger partial charge in [0.1, 0.15) is 17.7 Å². The van der Waals surface area contributed by atoms with Crippen LogP contribution >= 0.6 is 0 Å². The van der Waals surface area contributed by atoms with E-state index in [1.54, 1.807) is 25.2 Å². The number of methoxy groups -OCH3 is 1. The molecule has 0 unspecified atom stereocenters. The van der Waals surface area contributed by atoms with Crippen molar-refractivity contribution in [3.63, 3.8) is 0 Å². The minimum absolute atomic E-state index is 0.298. The van der Waals surface area contributed by atoms with Gasteiger partial charge in [-0.25, -0.2) is 9.97 Å². The van der Waals surface area contributed by atoms with Crippen molar-refractivity contribution in [2.24, 2.45) is 7.05 Å². The first kappa shape index (κ1) is 24.6. The molecule has 36 heavy (non-hydrogen) atoms. The molecule has 4 rings (SSSR count). The molecule has 0 fully saturated rings. The number of hydrogen-bond acceptors (Lipinski definition) is 8. The van der Waals surface area contributed by atoms with Crippen LogP contribution in [0.3, 0.4) is 0 Å². The fourth-order valence-corrected chi connectivity index (χ4v) is 3.80. The standard InChI is InChI=1S/C26H30N8O2/c1-6-16-9-8-10-18(11-16)30-26-28-14-20(25(35)27-3)24(32-26)31-21-13-17(7-2)12-19(22(21)36-5)23-29-15-34(4)33-23/h8-15H,6-7H2,1-5H3,(H,27,35)(H2,28,30,31,32). The van der Waals surface area contributed by atoms with Crippen LogP contribution in [-0.4, -0.2) is 44.8 Å². The summed E-state index contributed by atoms with van der Waals surface area (Å²) in [7, 11) is 4.97. The number of ether oxygens (including phenoxy) is 1. The average Bonchev–Trinajstić information content (AvgIpc) is 3.34. The highest BCUT2D eigenvalue weighted by molar-refractivity contribution is 5.99. The summed E-state index contributed by atoms with van der Waals surface area (Å²) in [5.74, 6) is 1.47. The van der Waals surface area contributed by atoms with Crippen LogP contribution in [0.15, 0.2) is 48.9 Å². The van der Waals surface area contributed by atoms with Gasteiger partial charge in [-0.2, -0.15) is 10.1 Å². The molecule has 0 radical (unpaired) electrons. The molecule has 0 saturated heterocycles. The number of benzene rings is 2. The van der Waals surface area contributed by atoms with Crippen molar-refractivity contribution in [3.05, 3.63) is 65.6 Å². The van der Waals surface area contributed by atoms with E-state index in [4.69, 9.17) is 4.74 Å². The zero-order chi connectivity index (χ0) is 25.7. The van der Waals surface area contributed by atoms with Gasteiger partial charge in [-0.15, -0.1) is 0 Å². The summed E-state index contributed by atoms with van der Waals surface area (Å²) in [6.45, 7) is 4.16. The largest absolute Gasteiger partial charge is 0.494 e. The Morgan fingerprint density at radius 2 is 1.86 bits per heavy atom. The maximum Gasteiger partial charge on any atom is 0.256 e. The molecule has 2 aromatic heterocycles. The molecule has 2 aromatic carbocycles. The summed E-state index contributed by atoms with van der Waals surface area (Å²) in [6.07, 6.45) is 4.84. The molecular formula is C26H30N8O2. The van der Waals surface area contributed by atoms with Gasteiger partial charge < -0.3 is 20.7 Å². The summed E-state index contributed by atoms with van der Waals surface area (Å²) in [5.41, 5.74) is 4.78. The first-order valence-electron chi connectivity index (χ1n) is 11.7. The molecule has 10 heteroatoms. The molecule has 0 aliphatic rings. The van der Waals surface area contributed by atoms with Crippen LogP contribution < -0.4 is 20.7 Å². The number of hydrogen-bond donors (Lipinski definition) is 3. The van der Waals surface area contributed by atoms with E-state index in [0.717, 1.165) is 29.7 Å². The number of rotatable bonds is 9. The minimum atomic E-state index is -0.311. The molecule has 0 aliphatic carbocycles. The fourth-order valence-electron chi connectivity index (χ4n) is 3.80. The van der Waals surface area contributed by atoms with Crippen LogP contribution in [0.5, 0.6) is 5.75 Å². The topological polar surface area (TPSA) is 119 Å². The highest BCUT2D eigenvalue weighted by Gasteiger charge is 2.20. The van der Waals surface area contributed by atoms with Gasteiger partial charge in [0, 0.05) is 26.0 Å². The number of carbonyl (C=O) groups excluding carboxylic acids is 1. The molecule has 2 heterocycles. The maximum absolute atomic E-state index is 12.6. The van der Waals surface area contributed by atoms with Gasteiger partial charge in [-0.3, -0.25) is 9.48 Å². The summed E-state index contributed by atoms with van der Waals surface area (Å²) >= 11 is 0. The second-order valence-corrected chi connectivity index (χ2v) is 8.16. The van der Waals surface area contributed by atoms with Gasteiger partial charge >= 0.3 is 0 Å². The molecule has 0 saturated carbocycles. The average molecular weight is 487 g/mol. The Morgan fingerprint density at radius 1 is 1.06 bits per heavy atom. The van der Waals surface area contributed by atoms with Gasteiger partial charge in [0.25, 0.3) is 5.91 Å². The number of aryl methyl sites for hydroxylation is 3. The molecule has 1 amide bonds. The SMILES string of the molecule is CCc1cccc(Nc2ncc(C(=O)NC)c(Nc3cc(CC)cc(-c4ncn(C)n4)c3OC)n2)c1. The van der Waals surface area contributed by atoms with Crippen molar-refractivity contribution in [1.82, 2.24) is 30.0 Å². The van der Waals surface area contributed by atoms with Crippen molar-refractivity contribution in [1.29, 1.82) is 0 Å². The molecule has 0 spiro atoms. The first-order chi connectivity index (χ1) is 17.4. The third kappa shape index (κ3) is 5.27. The number of amides is 1. The van der Waals surface area contributed by atoms with Crippen LogP contribution in [0.2, 0.25) is 0 Å². The number of aromatic nitrogens is 5. The van der Waals surface area contributed by atoms with Crippen molar-refractivity contribution < 1.29 is 9.53 Å². The monoisotopic (exact) mass is 486 g/mol. The summed E-state index contributed by atoms with van der Waals surface area (Å²) in [4.78, 5) is 26.0. The molecule has 0 atom stereocenters. The smallest absolute Gasteiger partial charge is 0.256 e. The van der Waals surface area contributed by atoms with E-state index < -0.39 is 0 Å². The highest BCUT2D eigenvalue weighted by Crippen LogP contribution is 2.38. The summed E-state index contributed by atoms with van der Waals surface area (Å²) < 4.78 is 7.42. The van der Waals surface area contributed by atoms with Crippen LogP contribution in [0, 0.1) is 0 Å². The second-order valence-electron chi connectivity index (χ2n) is 8.16. The normalized spacial score (nSPS) is 10.7. The van der Waals surface area contributed by atoms with Crippen LogP contribution in [-0.2, 0) is 19.9 Å². The summed E-state index contributed by atoms with van der Waals surface area (Å²) in [5, 5.41) is 13.6. The number of nitrogens with zero attached hydrogens (tertiary/aromatic N) is 5. The van der Waals surface area contributed by atoms with E-state index >= 15 is 0 Å². The van der Waals surface area contributed by atoms with E-state index in [-0.39, 0.29) is 5.91 Å². The Morgan fingerprint density at radius 3 is 2.53 bits per heavy atom. The van der Waals surface area contributed by atoms with E-state index in [1.807, 2.05) is 37.4 Å². The first-order valence-corrected chi connectivity index (χ1v) is 11.7. The van der Waals surface area contributed by atoms with Crippen LogP contribution in [0.25, 0.3) is 11.4 Å². The van der Waals surface area contributed by atoms with Gasteiger partial charge in [0.15, 0.2) is 11.6 Å². The lowest BCUT2D eigenvalue weighted by atomic mass is 10.0. The van der Waals surface area contributed by atoms with Crippen molar-refractivity contribution in [3.8, 4) is 17.1 Å². The number of anilines is 4. The highest BCUT2D eigenvalue weighted by atomic mass is 16.5. The van der Waals surface area contributed by atoms with E-state index in [1.165, 1.54) is 11.8 Å². The molecular weight excluding hydrogens is 456 g/mol. The number of nitrogens with one attached hydrogen (secondary N) is 3. The van der Waals surface area contributed by atoms with Gasteiger partial charge in [0.05, 0.1) is 18.4 Å². The van der Waals surface area contributed by atoms with E-state index in [0.29, 0.717) is 34.6 Å². The third-order valence-electron chi connectivity index (χ3n) is 5.71. The van der Waals surface area contributed by atoms with Gasteiger partial charge in [0.2, 0.25) is 5.95 Å². The summed E-state index contributed by atoms with van der Waals surface area (Å²) in [6, 6.07) is 12.0. The lowest BCUT2D eigenvalue weighted by Crippen LogP contribution is -2.20. The molecule has 3 N–H and O–H groups in total. The Labute approximate surface area is 210 Å². The van der Waals surface area contributed by atoms with Crippen molar-refractivity contribution in [2.75, 3.05) is 24.8 Å². The van der Waals surface area contributed by atoms with Gasteiger partial charge in [-0.1, -0.05) is 26.0 Å². The second kappa shape index (κ2) is 10.9. The van der Waals surface area contributed by atoms with Gasteiger partial charge in [-0.05, 0) is 48.2 Å². The molecule has 10 nitrogen and oxygen atoms in total. The Kier molecular flexibility index (Phi) is 7.43. The molecule has 4 aromatic rings. The zero-order valence-electron chi connectivity index (χ0n) is 21.1. The Bertz CT molecular complexity index is 1380. The Balaban J connectivity index is 1.78. The number of carbonyl (C=O) groups is 1. The Hall–Kier alpha value is -4.47. The third-order valence-corrected chi connectivity index (χ3v) is 5.71. The van der Waals surface area contributed by atoms with E-state index in [9.17, 15) is 4.79 Å². The quantitative estimate of drug-likeness (QED) is 0.321. The van der Waals surface area contributed by atoms with E-state index in [2.05, 4.69) is 55.9 Å². The van der Waals surface area contributed by atoms with Crippen LogP contribution in [0.4, 0.5) is 23.1 Å². The lowest BCUT2D eigenvalue weighted by Gasteiger charge is -2.17. The minimum Gasteiger partial charge on any atom is -0.494 e. The maximum atomic E-state index is 12.6. The molecule has 0 aliphatic heterocycles. The lowest BCUT2D eigenvalue weighted by molar-refractivity contribution is 0.0963. The predicted octanol–water partition coefficient (Wildman–Crippen LogP) is 4.25. The molecule has 186 valence electrons. The molecule has 0 bridgehead atoms. The predicted molar refractivity (Wildman–Crippen MR) is 140 cm³/mol. The zero-order valence-corrected chi connectivity index (χ0v) is 21.1. The van der Waals surface area contributed by atoms with Crippen LogP contribution in [0.1, 0.15) is 35.3 Å².